The second kappa shape index (κ2) is 10.6. The van der Waals surface area contributed by atoms with Crippen molar-refractivity contribution in [1.29, 1.82) is 0 Å². The molecule has 1 aromatic heterocycles. The Kier molecular flexibility index (Phi) is 4.89. The molecule has 224 valence electrons. The minimum absolute atomic E-state index is 0.109. The standard InChI is InChI=1S/C46H30N2/c1-4-12-34(13-5-1)47(35-14-6-2-7-15-35)37-25-22-31(23-26-37)38-27-24-32-20-21-33-30-43-46(41-29-28-39(38)44(32)45(33)41)40-18-10-11-19-42(40)48(43)36-16-8-3-9-17-36/h1-30H/i1D,4D,5D,12D,13D. The fourth-order valence-corrected chi connectivity index (χ4v) is 7.57. The van der Waals surface area contributed by atoms with Gasteiger partial charge in [-0.05, 0) is 104 Å². The smallest absolute Gasteiger partial charge is 0.0645 e. The van der Waals surface area contributed by atoms with Gasteiger partial charge in [-0.25, -0.2) is 0 Å². The molecule has 0 aliphatic rings. The van der Waals surface area contributed by atoms with E-state index in [2.05, 4.69) is 114 Å². The average Bonchev–Trinajstić information content (AvgIpc) is 3.54. The van der Waals surface area contributed by atoms with Crippen LogP contribution in [0.15, 0.2) is 182 Å². The first-order chi connectivity index (χ1) is 25.9. The van der Waals surface area contributed by atoms with E-state index in [1.54, 1.807) is 4.90 Å². The third-order valence-corrected chi connectivity index (χ3v) is 9.59. The van der Waals surface area contributed by atoms with Crippen LogP contribution in [0.4, 0.5) is 17.1 Å². The van der Waals surface area contributed by atoms with Gasteiger partial charge in [-0.15, -0.1) is 0 Å². The number of hydrogen-bond acceptors (Lipinski definition) is 1. The molecule has 0 aliphatic carbocycles. The first kappa shape index (κ1) is 22.2. The molecular formula is C46H30N2. The SMILES string of the molecule is [2H]c1c([2H])c([2H])c(N(c2ccccc2)c2ccc(-c3ccc4ccc5cc6c(c7ccc3c4c57)c3ccccc3n6-c3ccccc3)cc2)c([2H])c1[2H]. The minimum Gasteiger partial charge on any atom is -0.311 e. The number of fused-ring (bicyclic) bond motifs is 4. The van der Waals surface area contributed by atoms with Crippen molar-refractivity contribution in [3.8, 4) is 16.8 Å². The molecule has 0 atom stereocenters. The van der Waals surface area contributed by atoms with E-state index in [4.69, 9.17) is 6.85 Å². The second-order valence-electron chi connectivity index (χ2n) is 12.2. The molecule has 0 aliphatic heterocycles. The van der Waals surface area contributed by atoms with Crippen molar-refractivity contribution in [2.45, 2.75) is 0 Å². The van der Waals surface area contributed by atoms with Gasteiger partial charge in [0.25, 0.3) is 0 Å². The molecule has 9 aromatic carbocycles. The Morgan fingerprint density at radius 1 is 0.438 bits per heavy atom. The Morgan fingerprint density at radius 3 is 1.90 bits per heavy atom. The van der Waals surface area contributed by atoms with Gasteiger partial charge in [-0.2, -0.15) is 0 Å². The van der Waals surface area contributed by atoms with E-state index in [1.807, 2.05) is 42.5 Å². The molecule has 0 spiro atoms. The van der Waals surface area contributed by atoms with E-state index in [9.17, 15) is 0 Å². The molecule has 0 amide bonds. The number of aromatic nitrogens is 1. The van der Waals surface area contributed by atoms with E-state index in [0.717, 1.165) is 22.2 Å². The largest absolute Gasteiger partial charge is 0.311 e. The van der Waals surface area contributed by atoms with Crippen LogP contribution in [0.25, 0.3) is 70.9 Å². The molecule has 2 nitrogen and oxygen atoms in total. The van der Waals surface area contributed by atoms with Crippen molar-refractivity contribution in [2.24, 2.45) is 0 Å². The Labute approximate surface area is 285 Å². The van der Waals surface area contributed by atoms with Gasteiger partial charge in [0.05, 0.1) is 17.9 Å². The summed E-state index contributed by atoms with van der Waals surface area (Å²) in [6.07, 6.45) is 0. The van der Waals surface area contributed by atoms with Gasteiger partial charge in [0.2, 0.25) is 0 Å². The number of benzene rings is 9. The number of rotatable bonds is 5. The van der Waals surface area contributed by atoms with Crippen molar-refractivity contribution < 1.29 is 6.85 Å². The Hall–Kier alpha value is -6.38. The molecular weight excluding hydrogens is 581 g/mol. The van der Waals surface area contributed by atoms with Crippen LogP contribution in [0.3, 0.4) is 0 Å². The monoisotopic (exact) mass is 615 g/mol. The lowest BCUT2D eigenvalue weighted by molar-refractivity contribution is 1.18. The zero-order valence-electron chi connectivity index (χ0n) is 30.8. The summed E-state index contributed by atoms with van der Waals surface area (Å²) in [4.78, 5) is 1.74. The maximum atomic E-state index is 8.76. The lowest BCUT2D eigenvalue weighted by Crippen LogP contribution is -2.09. The van der Waals surface area contributed by atoms with Gasteiger partial charge >= 0.3 is 0 Å². The first-order valence-corrected chi connectivity index (χ1v) is 16.1. The molecule has 0 bridgehead atoms. The van der Waals surface area contributed by atoms with Crippen LogP contribution in [-0.2, 0) is 0 Å². The highest BCUT2D eigenvalue weighted by Crippen LogP contribution is 2.45. The molecule has 0 saturated carbocycles. The highest BCUT2D eigenvalue weighted by molar-refractivity contribution is 6.34. The normalized spacial score (nSPS) is 13.2. The molecule has 1 heterocycles. The van der Waals surface area contributed by atoms with Crippen molar-refractivity contribution >= 4 is 71.2 Å². The third-order valence-electron chi connectivity index (χ3n) is 9.59. The minimum atomic E-state index is -0.413. The summed E-state index contributed by atoms with van der Waals surface area (Å²) >= 11 is 0. The predicted molar refractivity (Wildman–Crippen MR) is 205 cm³/mol. The average molecular weight is 616 g/mol. The van der Waals surface area contributed by atoms with Crippen molar-refractivity contribution in [2.75, 3.05) is 4.90 Å². The molecule has 0 saturated heterocycles. The third kappa shape index (κ3) is 4.00. The maximum Gasteiger partial charge on any atom is 0.0645 e. The Bertz CT molecular complexity index is 3020. The van der Waals surface area contributed by atoms with Crippen LogP contribution >= 0.6 is 0 Å². The fraction of sp³-hybridized carbons (Fsp3) is 0. The quantitative estimate of drug-likeness (QED) is 0.175. The summed E-state index contributed by atoms with van der Waals surface area (Å²) in [6.45, 7) is 0. The molecule has 10 rings (SSSR count). The number of para-hydroxylation sites is 4. The summed E-state index contributed by atoms with van der Waals surface area (Å²) in [5.41, 5.74) is 7.10. The number of hydrogen-bond donors (Lipinski definition) is 0. The molecule has 0 fully saturated rings. The van der Waals surface area contributed by atoms with Gasteiger partial charge in [0.1, 0.15) is 0 Å². The zero-order chi connectivity index (χ0) is 36.0. The summed E-state index contributed by atoms with van der Waals surface area (Å²) in [5.74, 6) is 0. The summed E-state index contributed by atoms with van der Waals surface area (Å²) < 4.78 is 44.8. The van der Waals surface area contributed by atoms with Crippen molar-refractivity contribution in [1.82, 2.24) is 4.57 Å². The lowest BCUT2D eigenvalue weighted by Gasteiger charge is -2.25. The summed E-state index contributed by atoms with van der Waals surface area (Å²) in [7, 11) is 0. The van der Waals surface area contributed by atoms with Crippen LogP contribution in [-0.4, -0.2) is 4.57 Å². The van der Waals surface area contributed by atoms with E-state index in [0.29, 0.717) is 11.4 Å². The molecule has 10 aromatic rings. The van der Waals surface area contributed by atoms with Crippen molar-refractivity contribution in [3.63, 3.8) is 0 Å². The number of anilines is 3. The van der Waals surface area contributed by atoms with Crippen LogP contribution < -0.4 is 4.90 Å². The second-order valence-corrected chi connectivity index (χ2v) is 12.2. The maximum absolute atomic E-state index is 8.76. The van der Waals surface area contributed by atoms with Gasteiger partial charge in [-0.3, -0.25) is 0 Å². The topological polar surface area (TPSA) is 8.17 Å². The van der Waals surface area contributed by atoms with Crippen LogP contribution in [0.2, 0.25) is 0 Å². The zero-order valence-corrected chi connectivity index (χ0v) is 25.8. The number of nitrogens with zero attached hydrogens (tertiary/aromatic N) is 2. The summed E-state index contributed by atoms with van der Waals surface area (Å²) in [6, 6.07) is 50.7. The van der Waals surface area contributed by atoms with Gasteiger partial charge in [0, 0.05) is 33.5 Å². The lowest BCUT2D eigenvalue weighted by atomic mass is 9.88. The van der Waals surface area contributed by atoms with Crippen molar-refractivity contribution in [3.05, 3.63) is 182 Å². The predicted octanol–water partition coefficient (Wildman–Crippen LogP) is 12.8. The summed E-state index contributed by atoms with van der Waals surface area (Å²) in [5, 5.41) is 9.70. The molecule has 48 heavy (non-hydrogen) atoms. The molecule has 0 N–H and O–H groups in total. The highest BCUT2D eigenvalue weighted by Gasteiger charge is 2.20. The van der Waals surface area contributed by atoms with E-state index >= 15 is 0 Å². The van der Waals surface area contributed by atoms with Crippen LogP contribution in [0, 0.1) is 0 Å². The first-order valence-electron chi connectivity index (χ1n) is 18.6. The molecule has 2 heteroatoms. The van der Waals surface area contributed by atoms with Crippen LogP contribution in [0.1, 0.15) is 6.85 Å². The van der Waals surface area contributed by atoms with E-state index in [1.165, 1.54) is 48.7 Å². The molecule has 0 radical (unpaired) electrons. The highest BCUT2D eigenvalue weighted by atomic mass is 15.1. The van der Waals surface area contributed by atoms with Gasteiger partial charge < -0.3 is 9.47 Å². The Balaban J connectivity index is 1.17. The van der Waals surface area contributed by atoms with E-state index < -0.39 is 6.04 Å². The van der Waals surface area contributed by atoms with Gasteiger partial charge in [-0.1, -0.05) is 121 Å². The van der Waals surface area contributed by atoms with Gasteiger partial charge in [0.15, 0.2) is 0 Å². The van der Waals surface area contributed by atoms with Crippen LogP contribution in [0.5, 0.6) is 0 Å². The Morgan fingerprint density at radius 2 is 1.08 bits per heavy atom. The van der Waals surface area contributed by atoms with E-state index in [-0.39, 0.29) is 29.9 Å². The fourth-order valence-electron chi connectivity index (χ4n) is 7.57. The molecule has 0 unspecified atom stereocenters.